The van der Waals surface area contributed by atoms with E-state index < -0.39 is 0 Å². The molecule has 2 aromatic rings. The Labute approximate surface area is 133 Å². The van der Waals surface area contributed by atoms with Gasteiger partial charge < -0.3 is 4.74 Å². The van der Waals surface area contributed by atoms with Gasteiger partial charge in [0, 0.05) is 10.9 Å². The van der Waals surface area contributed by atoms with E-state index >= 15 is 0 Å². The molecule has 3 rings (SSSR count). The molecule has 0 unspecified atom stereocenters. The Morgan fingerprint density at radius 2 is 2.35 bits per heavy atom. The molecule has 0 bridgehead atoms. The molecule has 0 aliphatic carbocycles. The number of halogens is 2. The van der Waals surface area contributed by atoms with E-state index in [-0.39, 0.29) is 5.91 Å². The Bertz CT molecular complexity index is 651. The van der Waals surface area contributed by atoms with Crippen molar-refractivity contribution < 1.29 is 9.53 Å². The van der Waals surface area contributed by atoms with E-state index in [4.69, 9.17) is 16.3 Å². The van der Waals surface area contributed by atoms with Gasteiger partial charge in [0.15, 0.2) is 5.13 Å². The highest BCUT2D eigenvalue weighted by atomic mass is 79.9. The summed E-state index contributed by atoms with van der Waals surface area (Å²) in [5, 5.41) is 3.79. The van der Waals surface area contributed by atoms with E-state index in [1.54, 1.807) is 18.2 Å². The summed E-state index contributed by atoms with van der Waals surface area (Å²) in [5.41, 5.74) is 1.43. The van der Waals surface area contributed by atoms with Gasteiger partial charge in [-0.15, -0.1) is 0 Å². The lowest BCUT2D eigenvalue weighted by atomic mass is 10.2. The normalized spacial score (nSPS) is 13.9. The first-order valence-corrected chi connectivity index (χ1v) is 7.95. The van der Waals surface area contributed by atoms with Crippen molar-refractivity contribution in [3.05, 3.63) is 43.8 Å². The Morgan fingerprint density at radius 3 is 3.15 bits per heavy atom. The molecule has 7 heteroatoms. The van der Waals surface area contributed by atoms with Crippen molar-refractivity contribution in [2.24, 2.45) is 0 Å². The summed E-state index contributed by atoms with van der Waals surface area (Å²) in [4.78, 5) is 17.7. The highest BCUT2D eigenvalue weighted by Crippen LogP contribution is 2.28. The minimum atomic E-state index is -0.261. The minimum absolute atomic E-state index is 0.261. The maximum absolute atomic E-state index is 12.2. The molecule has 1 aromatic carbocycles. The van der Waals surface area contributed by atoms with E-state index in [1.165, 1.54) is 11.3 Å². The van der Waals surface area contributed by atoms with Crippen LogP contribution in [0.5, 0.6) is 0 Å². The number of rotatable bonds is 2. The van der Waals surface area contributed by atoms with Crippen LogP contribution in [0.15, 0.2) is 22.7 Å². The molecule has 0 spiro atoms. The number of nitrogens with one attached hydrogen (secondary N) is 1. The molecule has 0 saturated carbocycles. The van der Waals surface area contributed by atoms with Crippen LogP contribution in [0.2, 0.25) is 5.02 Å². The number of nitrogens with zero attached hydrogens (tertiary/aromatic N) is 1. The summed E-state index contributed by atoms with van der Waals surface area (Å²) in [7, 11) is 0. The minimum Gasteiger partial charge on any atom is -0.375 e. The van der Waals surface area contributed by atoms with E-state index in [0.717, 1.165) is 21.5 Å². The number of aromatic nitrogens is 1. The monoisotopic (exact) mass is 372 g/mol. The van der Waals surface area contributed by atoms with Gasteiger partial charge in [-0.25, -0.2) is 4.98 Å². The highest BCUT2D eigenvalue weighted by molar-refractivity contribution is 9.10. The van der Waals surface area contributed by atoms with Crippen molar-refractivity contribution >= 4 is 49.9 Å². The van der Waals surface area contributed by atoms with Gasteiger partial charge >= 0.3 is 0 Å². The number of carbonyl (C=O) groups is 1. The number of fused-ring (bicyclic) bond motifs is 1. The van der Waals surface area contributed by atoms with Gasteiger partial charge in [-0.05, 0) is 18.2 Å². The van der Waals surface area contributed by atoms with E-state index in [0.29, 0.717) is 28.9 Å². The third-order valence-electron chi connectivity index (χ3n) is 2.89. The molecule has 4 nitrogen and oxygen atoms in total. The average Bonchev–Trinajstić information content (AvgIpc) is 2.83. The van der Waals surface area contributed by atoms with Crippen LogP contribution in [0.1, 0.15) is 20.9 Å². The third-order valence-corrected chi connectivity index (χ3v) is 4.70. The van der Waals surface area contributed by atoms with Crippen LogP contribution in [0.4, 0.5) is 5.13 Å². The zero-order chi connectivity index (χ0) is 14.1. The van der Waals surface area contributed by atoms with E-state index in [2.05, 4.69) is 26.2 Å². The summed E-state index contributed by atoms with van der Waals surface area (Å²) in [5.74, 6) is -0.261. The third kappa shape index (κ3) is 2.88. The van der Waals surface area contributed by atoms with Crippen molar-refractivity contribution in [3.8, 4) is 0 Å². The van der Waals surface area contributed by atoms with Crippen LogP contribution < -0.4 is 5.32 Å². The fourth-order valence-corrected chi connectivity index (χ4v) is 3.42. The maximum atomic E-state index is 12.2. The summed E-state index contributed by atoms with van der Waals surface area (Å²) in [6, 6.07) is 5.16. The lowest BCUT2D eigenvalue weighted by Crippen LogP contribution is -2.12. The molecule has 1 N–H and O–H groups in total. The summed E-state index contributed by atoms with van der Waals surface area (Å²) in [6.45, 7) is 1.25. The molecule has 0 fully saturated rings. The van der Waals surface area contributed by atoms with E-state index in [9.17, 15) is 4.79 Å². The zero-order valence-electron chi connectivity index (χ0n) is 10.3. The number of hydrogen-bond donors (Lipinski definition) is 1. The molecule has 2 heterocycles. The highest BCUT2D eigenvalue weighted by Gasteiger charge is 2.18. The van der Waals surface area contributed by atoms with Crippen molar-refractivity contribution in [1.29, 1.82) is 0 Å². The fourth-order valence-electron chi connectivity index (χ4n) is 1.91. The first kappa shape index (κ1) is 14.0. The van der Waals surface area contributed by atoms with Crippen molar-refractivity contribution in [3.63, 3.8) is 0 Å². The summed E-state index contributed by atoms with van der Waals surface area (Å²) >= 11 is 10.8. The number of ether oxygens (including phenoxy) is 1. The van der Waals surface area contributed by atoms with Gasteiger partial charge in [-0.2, -0.15) is 0 Å². The molecular formula is C13H10BrClN2O2S. The molecule has 0 radical (unpaired) electrons. The van der Waals surface area contributed by atoms with Gasteiger partial charge in [-0.1, -0.05) is 38.9 Å². The predicted octanol–water partition coefficient (Wildman–Crippen LogP) is 3.88. The molecule has 0 atom stereocenters. The zero-order valence-corrected chi connectivity index (χ0v) is 13.4. The van der Waals surface area contributed by atoms with Crippen LogP contribution in [0, 0.1) is 0 Å². The lowest BCUT2D eigenvalue weighted by Gasteiger charge is -2.08. The smallest absolute Gasteiger partial charge is 0.258 e. The quantitative estimate of drug-likeness (QED) is 0.869. The number of thiazole rings is 1. The second-order valence-electron chi connectivity index (χ2n) is 4.27. The number of benzene rings is 1. The van der Waals surface area contributed by atoms with E-state index in [1.807, 2.05) is 0 Å². The van der Waals surface area contributed by atoms with Crippen LogP contribution in [-0.2, 0) is 17.8 Å². The Balaban J connectivity index is 1.82. The van der Waals surface area contributed by atoms with Crippen molar-refractivity contribution in [2.75, 3.05) is 11.9 Å². The van der Waals surface area contributed by atoms with Crippen molar-refractivity contribution in [2.45, 2.75) is 13.0 Å². The number of hydrogen-bond acceptors (Lipinski definition) is 4. The fraction of sp³-hybridized carbons (Fsp3) is 0.231. The number of anilines is 1. The lowest BCUT2D eigenvalue weighted by molar-refractivity contribution is 0.102. The molecule has 1 aliphatic heterocycles. The van der Waals surface area contributed by atoms with Gasteiger partial charge in [0.2, 0.25) is 0 Å². The Kier molecular flexibility index (Phi) is 4.07. The number of carbonyl (C=O) groups excluding carboxylic acids is 1. The second kappa shape index (κ2) is 5.81. The van der Waals surface area contributed by atoms with Gasteiger partial charge in [0.25, 0.3) is 5.91 Å². The molecule has 1 amide bonds. The molecular weight excluding hydrogens is 364 g/mol. The van der Waals surface area contributed by atoms with Crippen LogP contribution in [-0.4, -0.2) is 17.5 Å². The van der Waals surface area contributed by atoms with Crippen LogP contribution >= 0.6 is 38.9 Å². The number of amides is 1. The molecule has 0 saturated heterocycles. The standard InChI is InChI=1S/C13H10BrClN2O2S/c14-7-1-2-9(15)8(5-7)12(18)17-13-16-10-3-4-19-6-11(10)20-13/h1-2,5H,3-4,6H2,(H,16,17,18). The molecule has 1 aliphatic rings. The Hall–Kier alpha value is -0.950. The van der Waals surface area contributed by atoms with Gasteiger partial charge in [0.1, 0.15) is 0 Å². The van der Waals surface area contributed by atoms with Gasteiger partial charge in [0.05, 0.1) is 34.4 Å². The van der Waals surface area contributed by atoms with Crippen LogP contribution in [0.3, 0.4) is 0 Å². The maximum Gasteiger partial charge on any atom is 0.258 e. The average molecular weight is 374 g/mol. The molecule has 104 valence electrons. The SMILES string of the molecule is O=C(Nc1nc2c(s1)COCC2)c1cc(Br)ccc1Cl. The van der Waals surface area contributed by atoms with Crippen LogP contribution in [0.25, 0.3) is 0 Å². The summed E-state index contributed by atoms with van der Waals surface area (Å²) in [6.07, 6.45) is 0.791. The first-order chi connectivity index (χ1) is 9.63. The topological polar surface area (TPSA) is 51.2 Å². The predicted molar refractivity (Wildman–Crippen MR) is 82.6 cm³/mol. The largest absolute Gasteiger partial charge is 0.375 e. The second-order valence-corrected chi connectivity index (χ2v) is 6.68. The molecule has 1 aromatic heterocycles. The van der Waals surface area contributed by atoms with Gasteiger partial charge in [-0.3, -0.25) is 10.1 Å². The Morgan fingerprint density at radius 1 is 1.50 bits per heavy atom. The summed E-state index contributed by atoms with van der Waals surface area (Å²) < 4.78 is 6.17. The first-order valence-electron chi connectivity index (χ1n) is 5.96. The molecule has 20 heavy (non-hydrogen) atoms. The van der Waals surface area contributed by atoms with Crippen molar-refractivity contribution in [1.82, 2.24) is 4.98 Å².